The number of ether oxygens (including phenoxy) is 2. The molecule has 0 atom stereocenters. The molecule has 16 heavy (non-hydrogen) atoms. The summed E-state index contributed by atoms with van der Waals surface area (Å²) in [6, 6.07) is 9.73. The van der Waals surface area contributed by atoms with Gasteiger partial charge in [0.1, 0.15) is 12.4 Å². The van der Waals surface area contributed by atoms with E-state index in [0.29, 0.717) is 26.4 Å². The van der Waals surface area contributed by atoms with Crippen LogP contribution < -0.4 is 15.8 Å². The molecule has 4 nitrogen and oxygen atoms in total. The molecule has 1 aromatic carbocycles. The van der Waals surface area contributed by atoms with Crippen molar-refractivity contribution in [2.24, 2.45) is 5.73 Å². The van der Waals surface area contributed by atoms with Gasteiger partial charge in [-0.3, -0.25) is 0 Å². The molecule has 0 aliphatic rings. The average Bonchev–Trinajstić information content (AvgIpc) is 2.34. The second-order valence-electron chi connectivity index (χ2n) is 3.31. The van der Waals surface area contributed by atoms with E-state index in [1.807, 2.05) is 30.3 Å². The first kappa shape index (κ1) is 13.0. The predicted octanol–water partition coefficient (Wildman–Crippen LogP) is 0.630. The number of rotatable bonds is 9. The second kappa shape index (κ2) is 9.15. The number of nitrogens with two attached hydrogens (primary N) is 1. The summed E-state index contributed by atoms with van der Waals surface area (Å²) in [7, 11) is 0. The third-order valence-corrected chi connectivity index (χ3v) is 1.98. The van der Waals surface area contributed by atoms with Crippen LogP contribution in [0.1, 0.15) is 0 Å². The molecule has 0 aliphatic carbocycles. The maximum absolute atomic E-state index is 5.47. The lowest BCUT2D eigenvalue weighted by Gasteiger charge is -2.07. The van der Waals surface area contributed by atoms with E-state index >= 15 is 0 Å². The zero-order valence-electron chi connectivity index (χ0n) is 9.52. The van der Waals surface area contributed by atoms with E-state index in [1.54, 1.807) is 0 Å². The second-order valence-corrected chi connectivity index (χ2v) is 3.31. The molecule has 0 fully saturated rings. The van der Waals surface area contributed by atoms with Gasteiger partial charge in [0.25, 0.3) is 0 Å². The van der Waals surface area contributed by atoms with Crippen molar-refractivity contribution in [3.8, 4) is 5.75 Å². The standard InChI is InChI=1S/C12H20N2O2/c13-6-7-14-8-9-15-10-11-16-12-4-2-1-3-5-12/h1-5,14H,6-11,13H2. The summed E-state index contributed by atoms with van der Waals surface area (Å²) < 4.78 is 10.8. The van der Waals surface area contributed by atoms with E-state index in [1.165, 1.54) is 0 Å². The Kier molecular flexibility index (Phi) is 7.42. The van der Waals surface area contributed by atoms with Gasteiger partial charge in [0.2, 0.25) is 0 Å². The summed E-state index contributed by atoms with van der Waals surface area (Å²) >= 11 is 0. The predicted molar refractivity (Wildman–Crippen MR) is 64.7 cm³/mol. The van der Waals surface area contributed by atoms with Crippen LogP contribution in [0, 0.1) is 0 Å². The van der Waals surface area contributed by atoms with Gasteiger partial charge in [-0.2, -0.15) is 0 Å². The first-order chi connectivity index (χ1) is 7.93. The van der Waals surface area contributed by atoms with Crippen molar-refractivity contribution in [2.75, 3.05) is 39.5 Å². The van der Waals surface area contributed by atoms with Gasteiger partial charge in [0.15, 0.2) is 0 Å². The topological polar surface area (TPSA) is 56.5 Å². The monoisotopic (exact) mass is 224 g/mol. The third-order valence-electron chi connectivity index (χ3n) is 1.98. The molecular weight excluding hydrogens is 204 g/mol. The molecule has 0 bridgehead atoms. The normalized spacial score (nSPS) is 10.3. The largest absolute Gasteiger partial charge is 0.491 e. The molecule has 4 heteroatoms. The highest BCUT2D eigenvalue weighted by molar-refractivity contribution is 5.20. The number of hydrogen-bond donors (Lipinski definition) is 2. The Bertz CT molecular complexity index is 254. The Balaban J connectivity index is 1.89. The molecule has 0 aromatic heterocycles. The molecule has 1 aromatic rings. The lowest BCUT2D eigenvalue weighted by molar-refractivity contribution is 0.102. The Morgan fingerprint density at radius 1 is 1.00 bits per heavy atom. The van der Waals surface area contributed by atoms with Crippen LogP contribution in [0.3, 0.4) is 0 Å². The Morgan fingerprint density at radius 2 is 1.81 bits per heavy atom. The number of benzene rings is 1. The Morgan fingerprint density at radius 3 is 2.56 bits per heavy atom. The number of nitrogens with one attached hydrogen (secondary N) is 1. The molecule has 0 saturated heterocycles. The quantitative estimate of drug-likeness (QED) is 0.604. The number of para-hydroxylation sites is 1. The zero-order valence-corrected chi connectivity index (χ0v) is 9.52. The third kappa shape index (κ3) is 6.40. The van der Waals surface area contributed by atoms with E-state index in [4.69, 9.17) is 15.2 Å². The van der Waals surface area contributed by atoms with Crippen molar-refractivity contribution < 1.29 is 9.47 Å². The van der Waals surface area contributed by atoms with Crippen LogP contribution in [0.2, 0.25) is 0 Å². The van der Waals surface area contributed by atoms with Gasteiger partial charge >= 0.3 is 0 Å². The molecule has 0 radical (unpaired) electrons. The first-order valence-electron chi connectivity index (χ1n) is 5.60. The molecule has 0 saturated carbocycles. The Labute approximate surface area is 96.7 Å². The Hall–Kier alpha value is -1.10. The maximum atomic E-state index is 5.47. The van der Waals surface area contributed by atoms with Gasteiger partial charge in [-0.15, -0.1) is 0 Å². The molecular formula is C12H20N2O2. The minimum atomic E-state index is 0.584. The van der Waals surface area contributed by atoms with Crippen molar-refractivity contribution in [1.29, 1.82) is 0 Å². The van der Waals surface area contributed by atoms with E-state index in [9.17, 15) is 0 Å². The van der Waals surface area contributed by atoms with Crippen LogP contribution in [-0.2, 0) is 4.74 Å². The first-order valence-corrected chi connectivity index (χ1v) is 5.60. The molecule has 0 heterocycles. The van der Waals surface area contributed by atoms with Crippen LogP contribution in [0.15, 0.2) is 30.3 Å². The van der Waals surface area contributed by atoms with Crippen LogP contribution in [0.5, 0.6) is 5.75 Å². The van der Waals surface area contributed by atoms with Crippen molar-refractivity contribution in [1.82, 2.24) is 5.32 Å². The minimum absolute atomic E-state index is 0.584. The highest BCUT2D eigenvalue weighted by atomic mass is 16.5. The van der Waals surface area contributed by atoms with Crippen molar-refractivity contribution in [3.05, 3.63) is 30.3 Å². The summed E-state index contributed by atoms with van der Waals surface area (Å²) in [4.78, 5) is 0. The molecule has 0 aliphatic heterocycles. The molecule has 3 N–H and O–H groups in total. The van der Waals surface area contributed by atoms with Gasteiger partial charge < -0.3 is 20.5 Å². The molecule has 0 spiro atoms. The lowest BCUT2D eigenvalue weighted by atomic mass is 10.3. The summed E-state index contributed by atoms with van der Waals surface area (Å²) in [6.45, 7) is 4.22. The van der Waals surface area contributed by atoms with E-state index in [0.717, 1.165) is 18.8 Å². The van der Waals surface area contributed by atoms with Crippen LogP contribution in [-0.4, -0.2) is 39.5 Å². The van der Waals surface area contributed by atoms with Crippen molar-refractivity contribution >= 4 is 0 Å². The van der Waals surface area contributed by atoms with Gasteiger partial charge in [-0.1, -0.05) is 18.2 Å². The average molecular weight is 224 g/mol. The molecule has 0 amide bonds. The van der Waals surface area contributed by atoms with E-state index in [2.05, 4.69) is 5.32 Å². The highest BCUT2D eigenvalue weighted by Gasteiger charge is 1.92. The zero-order chi connectivity index (χ0) is 11.5. The van der Waals surface area contributed by atoms with Gasteiger partial charge in [0.05, 0.1) is 13.2 Å². The lowest BCUT2D eigenvalue weighted by Crippen LogP contribution is -2.26. The van der Waals surface area contributed by atoms with Crippen LogP contribution >= 0.6 is 0 Å². The van der Waals surface area contributed by atoms with Gasteiger partial charge in [-0.05, 0) is 12.1 Å². The summed E-state index contributed by atoms with van der Waals surface area (Å²) in [5.41, 5.74) is 5.33. The smallest absolute Gasteiger partial charge is 0.119 e. The fourth-order valence-electron chi connectivity index (χ4n) is 1.21. The number of hydrogen-bond acceptors (Lipinski definition) is 4. The summed E-state index contributed by atoms with van der Waals surface area (Å²) in [5, 5.41) is 3.15. The fourth-order valence-corrected chi connectivity index (χ4v) is 1.21. The molecule has 0 unspecified atom stereocenters. The van der Waals surface area contributed by atoms with Crippen LogP contribution in [0.4, 0.5) is 0 Å². The molecule has 1 rings (SSSR count). The SMILES string of the molecule is NCCNCCOCCOc1ccccc1. The van der Waals surface area contributed by atoms with E-state index in [-0.39, 0.29) is 0 Å². The van der Waals surface area contributed by atoms with Gasteiger partial charge in [0, 0.05) is 19.6 Å². The van der Waals surface area contributed by atoms with Gasteiger partial charge in [-0.25, -0.2) is 0 Å². The van der Waals surface area contributed by atoms with Crippen molar-refractivity contribution in [2.45, 2.75) is 0 Å². The van der Waals surface area contributed by atoms with Crippen LogP contribution in [0.25, 0.3) is 0 Å². The fraction of sp³-hybridized carbons (Fsp3) is 0.500. The van der Waals surface area contributed by atoms with E-state index < -0.39 is 0 Å². The summed E-state index contributed by atoms with van der Waals surface area (Å²) in [6.07, 6.45) is 0. The summed E-state index contributed by atoms with van der Waals surface area (Å²) in [5.74, 6) is 0.882. The minimum Gasteiger partial charge on any atom is -0.491 e. The molecule has 90 valence electrons. The maximum Gasteiger partial charge on any atom is 0.119 e. The van der Waals surface area contributed by atoms with Crippen molar-refractivity contribution in [3.63, 3.8) is 0 Å². The highest BCUT2D eigenvalue weighted by Crippen LogP contribution is 2.07.